The normalized spacial score (nSPS) is 27.9. The number of carbonyl (C=O) groups excluding carboxylic acids is 1. The fourth-order valence-electron chi connectivity index (χ4n) is 2.80. The highest BCUT2D eigenvalue weighted by Crippen LogP contribution is 2.59. The number of ketones is 1. The maximum atomic E-state index is 12.1. The Kier molecular flexibility index (Phi) is 1.96. The summed E-state index contributed by atoms with van der Waals surface area (Å²) in [5, 5.41) is 3.34. The van der Waals surface area contributed by atoms with Crippen molar-refractivity contribution in [2.45, 2.75) is 19.3 Å². The summed E-state index contributed by atoms with van der Waals surface area (Å²) in [5.41, 5.74) is 1.08. The molecule has 1 saturated heterocycles. The van der Waals surface area contributed by atoms with Crippen molar-refractivity contribution in [1.82, 2.24) is 5.32 Å². The third-order valence-corrected chi connectivity index (χ3v) is 3.91. The Morgan fingerprint density at radius 2 is 2.27 bits per heavy atom. The largest absolute Gasteiger partial charge is 0.472 e. The summed E-state index contributed by atoms with van der Waals surface area (Å²) in [5.74, 6) is 0.544. The number of Topliss-reactive ketones (excluding diaryl/α,β-unsaturated/α-hetero) is 1. The second-order valence-electron chi connectivity index (χ2n) is 4.75. The van der Waals surface area contributed by atoms with Crippen molar-refractivity contribution in [3.05, 3.63) is 24.2 Å². The lowest BCUT2D eigenvalue weighted by molar-refractivity contribution is 0.0940. The Hall–Kier alpha value is -1.09. The van der Waals surface area contributed by atoms with Gasteiger partial charge < -0.3 is 9.73 Å². The van der Waals surface area contributed by atoms with E-state index in [0.717, 1.165) is 37.9 Å². The second kappa shape index (κ2) is 3.20. The fraction of sp³-hybridized carbons (Fsp3) is 0.583. The summed E-state index contributed by atoms with van der Waals surface area (Å²) in [6.07, 6.45) is 6.53. The SMILES string of the molecule is O=C(c1ccoc1)C1CC12CCNCC2. The minimum atomic E-state index is 0.261. The molecule has 2 aliphatic rings. The maximum absolute atomic E-state index is 12.1. The van der Waals surface area contributed by atoms with Gasteiger partial charge in [0, 0.05) is 5.92 Å². The molecule has 2 fully saturated rings. The van der Waals surface area contributed by atoms with E-state index in [1.807, 2.05) is 0 Å². The van der Waals surface area contributed by atoms with Crippen molar-refractivity contribution in [2.24, 2.45) is 11.3 Å². The second-order valence-corrected chi connectivity index (χ2v) is 4.75. The first-order valence-electron chi connectivity index (χ1n) is 5.59. The van der Waals surface area contributed by atoms with Crippen LogP contribution < -0.4 is 5.32 Å². The highest BCUT2D eigenvalue weighted by molar-refractivity contribution is 5.99. The number of hydrogen-bond acceptors (Lipinski definition) is 3. The van der Waals surface area contributed by atoms with Gasteiger partial charge in [0.2, 0.25) is 0 Å². The Morgan fingerprint density at radius 3 is 2.93 bits per heavy atom. The van der Waals surface area contributed by atoms with E-state index in [4.69, 9.17) is 4.42 Å². The molecule has 1 unspecified atom stereocenters. The summed E-state index contributed by atoms with van der Waals surface area (Å²) in [6.45, 7) is 2.13. The van der Waals surface area contributed by atoms with Gasteiger partial charge >= 0.3 is 0 Å². The first-order valence-corrected chi connectivity index (χ1v) is 5.59. The lowest BCUT2D eigenvalue weighted by Gasteiger charge is -2.22. The van der Waals surface area contributed by atoms with Crippen molar-refractivity contribution < 1.29 is 9.21 Å². The molecule has 15 heavy (non-hydrogen) atoms. The fourth-order valence-corrected chi connectivity index (χ4v) is 2.80. The molecule has 80 valence electrons. The molecule has 1 aliphatic heterocycles. The van der Waals surface area contributed by atoms with Gasteiger partial charge in [0.1, 0.15) is 6.26 Å². The van der Waals surface area contributed by atoms with Gasteiger partial charge in [-0.15, -0.1) is 0 Å². The van der Waals surface area contributed by atoms with Crippen molar-refractivity contribution in [3.8, 4) is 0 Å². The molecule has 3 rings (SSSR count). The van der Waals surface area contributed by atoms with Gasteiger partial charge in [-0.3, -0.25) is 4.79 Å². The Balaban J connectivity index is 1.73. The highest BCUT2D eigenvalue weighted by atomic mass is 16.3. The number of piperidine rings is 1. The van der Waals surface area contributed by atoms with Crippen LogP contribution in [0.3, 0.4) is 0 Å². The first kappa shape index (κ1) is 9.16. The van der Waals surface area contributed by atoms with Crippen LogP contribution in [0.1, 0.15) is 29.6 Å². The van der Waals surface area contributed by atoms with Gasteiger partial charge in [-0.2, -0.15) is 0 Å². The quantitative estimate of drug-likeness (QED) is 0.749. The highest BCUT2D eigenvalue weighted by Gasteiger charge is 2.57. The minimum Gasteiger partial charge on any atom is -0.472 e. The van der Waals surface area contributed by atoms with E-state index in [2.05, 4.69) is 5.32 Å². The van der Waals surface area contributed by atoms with Crippen LogP contribution in [0, 0.1) is 11.3 Å². The molecule has 0 bridgehead atoms. The van der Waals surface area contributed by atoms with Crippen LogP contribution in [0.4, 0.5) is 0 Å². The zero-order valence-electron chi connectivity index (χ0n) is 8.66. The lowest BCUT2D eigenvalue weighted by Crippen LogP contribution is -2.30. The molecule has 1 spiro atoms. The van der Waals surface area contributed by atoms with Crippen molar-refractivity contribution in [1.29, 1.82) is 0 Å². The molecule has 0 radical (unpaired) electrons. The number of hydrogen-bond donors (Lipinski definition) is 1. The van der Waals surface area contributed by atoms with Crippen LogP contribution in [0.25, 0.3) is 0 Å². The molecule has 1 atom stereocenters. The van der Waals surface area contributed by atoms with Crippen molar-refractivity contribution in [3.63, 3.8) is 0 Å². The van der Waals surface area contributed by atoms with Gasteiger partial charge in [0.15, 0.2) is 5.78 Å². The molecule has 1 N–H and O–H groups in total. The van der Waals surface area contributed by atoms with Gasteiger partial charge in [0.25, 0.3) is 0 Å². The van der Waals surface area contributed by atoms with E-state index >= 15 is 0 Å². The maximum Gasteiger partial charge on any atom is 0.169 e. The first-order chi connectivity index (χ1) is 7.32. The molecule has 3 nitrogen and oxygen atoms in total. The minimum absolute atomic E-state index is 0.261. The predicted molar refractivity (Wildman–Crippen MR) is 55.7 cm³/mol. The Morgan fingerprint density at radius 1 is 1.47 bits per heavy atom. The molecular formula is C12H15NO2. The van der Waals surface area contributed by atoms with Gasteiger partial charge in [0.05, 0.1) is 11.8 Å². The number of rotatable bonds is 2. The Bertz CT molecular complexity index is 363. The van der Waals surface area contributed by atoms with Crippen LogP contribution in [0.5, 0.6) is 0 Å². The lowest BCUT2D eigenvalue weighted by atomic mass is 9.90. The summed E-state index contributed by atoms with van der Waals surface area (Å²) in [6, 6.07) is 1.77. The molecule has 1 aliphatic carbocycles. The molecule has 1 aromatic heterocycles. The third-order valence-electron chi connectivity index (χ3n) is 3.91. The predicted octanol–water partition coefficient (Wildman–Crippen LogP) is 1.85. The number of nitrogens with one attached hydrogen (secondary N) is 1. The van der Waals surface area contributed by atoms with Gasteiger partial charge in [-0.05, 0) is 43.8 Å². The van der Waals surface area contributed by atoms with Crippen LogP contribution in [0.2, 0.25) is 0 Å². The monoisotopic (exact) mass is 205 g/mol. The van der Waals surface area contributed by atoms with E-state index in [1.54, 1.807) is 18.6 Å². The Labute approximate surface area is 88.8 Å². The van der Waals surface area contributed by atoms with E-state index in [-0.39, 0.29) is 11.7 Å². The summed E-state index contributed by atoms with van der Waals surface area (Å²) in [7, 11) is 0. The summed E-state index contributed by atoms with van der Waals surface area (Å²) >= 11 is 0. The molecule has 0 amide bonds. The van der Waals surface area contributed by atoms with Gasteiger partial charge in [-0.25, -0.2) is 0 Å². The topological polar surface area (TPSA) is 42.2 Å². The average molecular weight is 205 g/mol. The van der Waals surface area contributed by atoms with E-state index in [0.29, 0.717) is 5.41 Å². The molecule has 0 aromatic carbocycles. The molecule has 3 heteroatoms. The number of furan rings is 1. The third kappa shape index (κ3) is 1.42. The van der Waals surface area contributed by atoms with E-state index < -0.39 is 0 Å². The average Bonchev–Trinajstić information content (AvgIpc) is 2.76. The number of carbonyl (C=O) groups is 1. The van der Waals surface area contributed by atoms with Crippen molar-refractivity contribution in [2.75, 3.05) is 13.1 Å². The molecular weight excluding hydrogens is 190 g/mol. The van der Waals surface area contributed by atoms with Crippen LogP contribution >= 0.6 is 0 Å². The molecule has 2 heterocycles. The summed E-state index contributed by atoms with van der Waals surface area (Å²) < 4.78 is 4.96. The van der Waals surface area contributed by atoms with Crippen LogP contribution in [-0.4, -0.2) is 18.9 Å². The zero-order chi connectivity index (χ0) is 10.3. The van der Waals surface area contributed by atoms with Crippen molar-refractivity contribution >= 4 is 5.78 Å². The van der Waals surface area contributed by atoms with Gasteiger partial charge in [-0.1, -0.05) is 0 Å². The standard InChI is InChI=1S/C12H15NO2/c14-11(9-1-6-15-8-9)10-7-12(10)2-4-13-5-3-12/h1,6,8,10,13H,2-5,7H2. The van der Waals surface area contributed by atoms with E-state index in [1.165, 1.54) is 0 Å². The molecule has 1 saturated carbocycles. The van der Waals surface area contributed by atoms with E-state index in [9.17, 15) is 4.79 Å². The molecule has 1 aromatic rings. The van der Waals surface area contributed by atoms with Crippen LogP contribution in [0.15, 0.2) is 23.0 Å². The zero-order valence-corrected chi connectivity index (χ0v) is 8.66. The summed E-state index contributed by atoms with van der Waals surface area (Å²) in [4.78, 5) is 12.1. The van der Waals surface area contributed by atoms with Crippen LogP contribution in [-0.2, 0) is 0 Å². The smallest absolute Gasteiger partial charge is 0.169 e.